The zero-order chi connectivity index (χ0) is 20.8. The maximum absolute atomic E-state index is 13.8. The number of halogens is 1. The van der Waals surface area contributed by atoms with Gasteiger partial charge in [0.1, 0.15) is 5.82 Å². The number of carbonyl (C=O) groups excluding carboxylic acids is 1. The van der Waals surface area contributed by atoms with Crippen molar-refractivity contribution < 1.29 is 9.18 Å². The quantitative estimate of drug-likeness (QED) is 0.409. The normalized spacial score (nSPS) is 11.0. The summed E-state index contributed by atoms with van der Waals surface area (Å²) >= 11 is 1.20. The number of nitrogens with zero attached hydrogens (tertiary/aromatic N) is 3. The molecule has 0 unspecified atom stereocenters. The van der Waals surface area contributed by atoms with E-state index in [9.17, 15) is 14.0 Å². The molecule has 0 N–H and O–H groups in total. The number of fused-ring (bicyclic) bond motifs is 1. The number of carbonyl (C=O) groups is 1. The number of aromatic nitrogens is 2. The first-order valence-corrected chi connectivity index (χ1v) is 10.7. The number of para-hydroxylation sites is 1. The lowest BCUT2D eigenvalue weighted by atomic mass is 10.2. The van der Waals surface area contributed by atoms with Gasteiger partial charge in [0.05, 0.1) is 22.3 Å². The van der Waals surface area contributed by atoms with E-state index in [-0.39, 0.29) is 17.2 Å². The Hall–Kier alpha value is -2.67. The van der Waals surface area contributed by atoms with E-state index in [2.05, 4.69) is 4.98 Å². The second kappa shape index (κ2) is 9.69. The second-order valence-electron chi connectivity index (χ2n) is 6.70. The Morgan fingerprint density at radius 2 is 1.83 bits per heavy atom. The van der Waals surface area contributed by atoms with Crippen LogP contribution in [0.3, 0.4) is 0 Å². The molecular weight excluding hydrogens is 389 g/mol. The van der Waals surface area contributed by atoms with E-state index in [0.717, 1.165) is 12.8 Å². The predicted octanol–water partition coefficient (Wildman–Crippen LogP) is 4.27. The SMILES string of the molecule is CCCN(CCC)C(=O)CSc1nc2ccccc2c(=O)n1-c1cccc(F)c1. The van der Waals surface area contributed by atoms with Crippen molar-refractivity contribution in [2.45, 2.75) is 31.8 Å². The van der Waals surface area contributed by atoms with Crippen molar-refractivity contribution in [1.29, 1.82) is 0 Å². The molecule has 29 heavy (non-hydrogen) atoms. The van der Waals surface area contributed by atoms with Gasteiger partial charge in [-0.05, 0) is 43.2 Å². The summed E-state index contributed by atoms with van der Waals surface area (Å²) in [4.78, 5) is 32.2. The topological polar surface area (TPSA) is 55.2 Å². The Morgan fingerprint density at radius 3 is 2.52 bits per heavy atom. The van der Waals surface area contributed by atoms with Gasteiger partial charge in [-0.15, -0.1) is 0 Å². The van der Waals surface area contributed by atoms with Crippen molar-refractivity contribution in [3.63, 3.8) is 0 Å². The van der Waals surface area contributed by atoms with Crippen LogP contribution in [0.5, 0.6) is 0 Å². The van der Waals surface area contributed by atoms with Crippen molar-refractivity contribution in [3.05, 3.63) is 64.7 Å². The average molecular weight is 414 g/mol. The lowest BCUT2D eigenvalue weighted by molar-refractivity contribution is -0.128. The van der Waals surface area contributed by atoms with E-state index in [4.69, 9.17) is 0 Å². The lowest BCUT2D eigenvalue weighted by Crippen LogP contribution is -2.34. The summed E-state index contributed by atoms with van der Waals surface area (Å²) in [6.45, 7) is 5.48. The largest absolute Gasteiger partial charge is 0.342 e. The fourth-order valence-electron chi connectivity index (χ4n) is 3.17. The smallest absolute Gasteiger partial charge is 0.266 e. The molecule has 7 heteroatoms. The van der Waals surface area contributed by atoms with Crippen molar-refractivity contribution in [2.75, 3.05) is 18.8 Å². The minimum absolute atomic E-state index is 0.00639. The number of hydrogen-bond donors (Lipinski definition) is 0. The number of benzene rings is 2. The molecule has 0 spiro atoms. The van der Waals surface area contributed by atoms with Gasteiger partial charge in [-0.2, -0.15) is 0 Å². The second-order valence-corrected chi connectivity index (χ2v) is 7.64. The van der Waals surface area contributed by atoms with E-state index in [1.165, 1.54) is 28.5 Å². The van der Waals surface area contributed by atoms with Crippen LogP contribution in [-0.4, -0.2) is 39.2 Å². The molecule has 0 atom stereocenters. The number of thioether (sulfide) groups is 1. The van der Waals surface area contributed by atoms with Gasteiger partial charge in [0, 0.05) is 13.1 Å². The monoisotopic (exact) mass is 413 g/mol. The van der Waals surface area contributed by atoms with Crippen LogP contribution in [0, 0.1) is 5.82 Å². The lowest BCUT2D eigenvalue weighted by Gasteiger charge is -2.21. The van der Waals surface area contributed by atoms with Crippen LogP contribution in [0.4, 0.5) is 4.39 Å². The van der Waals surface area contributed by atoms with Crippen LogP contribution in [0.1, 0.15) is 26.7 Å². The zero-order valence-corrected chi connectivity index (χ0v) is 17.4. The van der Waals surface area contributed by atoms with E-state index in [1.54, 1.807) is 30.3 Å². The Bertz CT molecular complexity index is 1060. The molecule has 0 aliphatic rings. The highest BCUT2D eigenvalue weighted by Crippen LogP contribution is 2.22. The molecule has 0 saturated carbocycles. The van der Waals surface area contributed by atoms with Crippen molar-refractivity contribution >= 4 is 28.6 Å². The maximum atomic E-state index is 13.8. The molecule has 5 nitrogen and oxygen atoms in total. The minimum atomic E-state index is -0.438. The highest BCUT2D eigenvalue weighted by molar-refractivity contribution is 7.99. The summed E-state index contributed by atoms with van der Waals surface area (Å²) in [7, 11) is 0. The molecule has 0 saturated heterocycles. The van der Waals surface area contributed by atoms with Gasteiger partial charge >= 0.3 is 0 Å². The Kier molecular flexibility index (Phi) is 7.04. The first-order valence-electron chi connectivity index (χ1n) is 9.73. The highest BCUT2D eigenvalue weighted by Gasteiger charge is 2.17. The van der Waals surface area contributed by atoms with Crippen LogP contribution >= 0.6 is 11.8 Å². The predicted molar refractivity (Wildman–Crippen MR) is 115 cm³/mol. The summed E-state index contributed by atoms with van der Waals surface area (Å²) < 4.78 is 15.2. The van der Waals surface area contributed by atoms with Gasteiger partial charge in [0.15, 0.2) is 5.16 Å². The standard InChI is InChI=1S/C22H24FN3O2S/c1-3-12-25(13-4-2)20(27)15-29-22-24-19-11-6-5-10-18(19)21(28)26(22)17-9-7-8-16(23)14-17/h5-11,14H,3-4,12-13,15H2,1-2H3. The summed E-state index contributed by atoms with van der Waals surface area (Å²) in [6.07, 6.45) is 1.78. The Labute approximate surface area is 173 Å². The van der Waals surface area contributed by atoms with Gasteiger partial charge in [-0.3, -0.25) is 14.2 Å². The number of hydrogen-bond acceptors (Lipinski definition) is 4. The van der Waals surface area contributed by atoms with Gasteiger partial charge in [0.25, 0.3) is 5.56 Å². The first kappa shape index (κ1) is 21.0. The molecule has 2 aromatic carbocycles. The third kappa shape index (κ3) is 4.85. The van der Waals surface area contributed by atoms with E-state index in [1.807, 2.05) is 24.8 Å². The third-order valence-electron chi connectivity index (χ3n) is 4.48. The summed E-state index contributed by atoms with van der Waals surface area (Å²) in [5.74, 6) is -0.265. The van der Waals surface area contributed by atoms with Crippen LogP contribution < -0.4 is 5.56 Å². The molecule has 0 aliphatic heterocycles. The Morgan fingerprint density at radius 1 is 1.10 bits per heavy atom. The molecule has 0 aliphatic carbocycles. The molecule has 1 heterocycles. The number of amides is 1. The molecule has 3 aromatic rings. The molecule has 1 amide bonds. The highest BCUT2D eigenvalue weighted by atomic mass is 32.2. The van der Waals surface area contributed by atoms with Gasteiger partial charge < -0.3 is 4.90 Å². The van der Waals surface area contributed by atoms with Gasteiger partial charge in [0.2, 0.25) is 5.91 Å². The molecule has 1 aromatic heterocycles. The molecule has 0 fully saturated rings. The van der Waals surface area contributed by atoms with Crippen LogP contribution in [-0.2, 0) is 4.79 Å². The van der Waals surface area contributed by atoms with Crippen molar-refractivity contribution in [3.8, 4) is 5.69 Å². The molecule has 0 bridgehead atoms. The van der Waals surface area contributed by atoms with E-state index in [0.29, 0.717) is 34.8 Å². The minimum Gasteiger partial charge on any atom is -0.342 e. The van der Waals surface area contributed by atoms with Crippen LogP contribution in [0.2, 0.25) is 0 Å². The maximum Gasteiger partial charge on any atom is 0.266 e. The molecular formula is C22H24FN3O2S. The van der Waals surface area contributed by atoms with Crippen LogP contribution in [0.15, 0.2) is 58.5 Å². The third-order valence-corrected chi connectivity index (χ3v) is 5.40. The number of rotatable bonds is 8. The summed E-state index contributed by atoms with van der Waals surface area (Å²) in [5, 5.41) is 0.826. The van der Waals surface area contributed by atoms with E-state index >= 15 is 0 Å². The van der Waals surface area contributed by atoms with Gasteiger partial charge in [-0.25, -0.2) is 9.37 Å². The zero-order valence-electron chi connectivity index (χ0n) is 16.6. The first-order chi connectivity index (χ1) is 14.0. The van der Waals surface area contributed by atoms with Crippen molar-refractivity contribution in [1.82, 2.24) is 14.5 Å². The summed E-state index contributed by atoms with van der Waals surface area (Å²) in [6, 6.07) is 12.9. The Balaban J connectivity index is 2.01. The fraction of sp³-hybridized carbons (Fsp3) is 0.318. The van der Waals surface area contributed by atoms with Crippen LogP contribution in [0.25, 0.3) is 16.6 Å². The average Bonchev–Trinajstić information content (AvgIpc) is 2.72. The summed E-state index contributed by atoms with van der Waals surface area (Å²) in [5.41, 5.74) is 0.663. The molecule has 3 rings (SSSR count). The van der Waals surface area contributed by atoms with Gasteiger partial charge in [-0.1, -0.05) is 43.8 Å². The molecule has 0 radical (unpaired) electrons. The van der Waals surface area contributed by atoms with E-state index < -0.39 is 5.82 Å². The van der Waals surface area contributed by atoms with Crippen molar-refractivity contribution in [2.24, 2.45) is 0 Å². The molecule has 152 valence electrons. The fourth-order valence-corrected chi connectivity index (χ4v) is 4.09.